The second-order valence-corrected chi connectivity index (χ2v) is 12.9. The molecule has 0 spiro atoms. The first-order chi connectivity index (χ1) is 17.6. The van der Waals surface area contributed by atoms with Crippen molar-refractivity contribution in [2.45, 2.75) is 91.6 Å². The molecule has 0 bridgehead atoms. The van der Waals surface area contributed by atoms with Gasteiger partial charge in [0.2, 0.25) is 0 Å². The summed E-state index contributed by atoms with van der Waals surface area (Å²) in [6, 6.07) is 21.6. The van der Waals surface area contributed by atoms with Crippen molar-refractivity contribution in [3.05, 3.63) is 71.8 Å². The van der Waals surface area contributed by atoms with Gasteiger partial charge in [0.1, 0.15) is 0 Å². The fourth-order valence-electron chi connectivity index (χ4n) is 5.03. The highest BCUT2D eigenvalue weighted by Crippen LogP contribution is 2.41. The Morgan fingerprint density at radius 3 is 0.947 bits per heavy atom. The fourth-order valence-corrected chi connectivity index (χ4v) is 5.03. The normalized spacial score (nSPS) is 21.2. The zero-order valence-corrected chi connectivity index (χ0v) is 24.6. The van der Waals surface area contributed by atoms with Crippen LogP contribution in [0, 0.1) is 13.8 Å². The standard InChI is InChI=1S/C32H40B2O4/c1-21-11-15-23(16-12-21)27-25(33-35-29(3,4)30(5,6)36-33)19-20-26(28(27)24-17-13-22(2)14-18-24)34-37-31(7,8)32(9,10)38-34/h11-20H,1-10H3. The first-order valence-electron chi connectivity index (χ1n) is 13.6. The minimum Gasteiger partial charge on any atom is -0.399 e. The molecule has 0 aliphatic carbocycles. The molecule has 2 saturated heterocycles. The summed E-state index contributed by atoms with van der Waals surface area (Å²) in [7, 11) is -1.01. The van der Waals surface area contributed by atoms with Gasteiger partial charge in [0.15, 0.2) is 0 Å². The maximum atomic E-state index is 6.59. The van der Waals surface area contributed by atoms with Crippen LogP contribution in [0.4, 0.5) is 0 Å². The summed E-state index contributed by atoms with van der Waals surface area (Å²) in [5.41, 5.74) is 7.02. The second kappa shape index (κ2) is 9.09. The van der Waals surface area contributed by atoms with Gasteiger partial charge in [0, 0.05) is 0 Å². The van der Waals surface area contributed by atoms with Crippen LogP contribution < -0.4 is 10.9 Å². The molecule has 2 fully saturated rings. The fraction of sp³-hybridized carbons (Fsp3) is 0.438. The van der Waals surface area contributed by atoms with Crippen LogP contribution in [0.15, 0.2) is 60.7 Å². The van der Waals surface area contributed by atoms with Gasteiger partial charge in [0.05, 0.1) is 22.4 Å². The van der Waals surface area contributed by atoms with Gasteiger partial charge in [-0.05, 0) is 102 Å². The maximum absolute atomic E-state index is 6.59. The Hall–Kier alpha value is -2.37. The summed E-state index contributed by atoms with van der Waals surface area (Å²) >= 11 is 0. The summed E-state index contributed by atoms with van der Waals surface area (Å²) < 4.78 is 26.4. The molecule has 3 aromatic rings. The Balaban J connectivity index is 1.79. The van der Waals surface area contributed by atoms with Crippen LogP contribution in [0.25, 0.3) is 22.3 Å². The lowest BCUT2D eigenvalue weighted by molar-refractivity contribution is 0.00578. The van der Waals surface area contributed by atoms with Gasteiger partial charge in [-0.15, -0.1) is 0 Å². The highest BCUT2D eigenvalue weighted by Gasteiger charge is 2.54. The van der Waals surface area contributed by atoms with Gasteiger partial charge in [-0.2, -0.15) is 0 Å². The van der Waals surface area contributed by atoms with E-state index in [1.54, 1.807) is 0 Å². The molecule has 0 aromatic heterocycles. The van der Waals surface area contributed by atoms with Crippen molar-refractivity contribution in [3.8, 4) is 22.3 Å². The Labute approximate surface area is 229 Å². The molecule has 0 atom stereocenters. The van der Waals surface area contributed by atoms with Crippen LogP contribution in [-0.4, -0.2) is 36.6 Å². The molecule has 3 aromatic carbocycles. The third-order valence-electron chi connectivity index (χ3n) is 8.96. The molecule has 38 heavy (non-hydrogen) atoms. The van der Waals surface area contributed by atoms with Crippen LogP contribution in [-0.2, 0) is 18.6 Å². The van der Waals surface area contributed by atoms with E-state index in [2.05, 4.69) is 130 Å². The van der Waals surface area contributed by atoms with Crippen molar-refractivity contribution in [1.29, 1.82) is 0 Å². The third kappa shape index (κ3) is 4.56. The number of rotatable bonds is 4. The monoisotopic (exact) mass is 510 g/mol. The molecule has 4 nitrogen and oxygen atoms in total. The molecule has 0 radical (unpaired) electrons. The van der Waals surface area contributed by atoms with Crippen molar-refractivity contribution in [3.63, 3.8) is 0 Å². The first kappa shape index (κ1) is 27.2. The third-order valence-corrected chi connectivity index (χ3v) is 8.96. The van der Waals surface area contributed by atoms with E-state index in [9.17, 15) is 0 Å². The Kier molecular flexibility index (Phi) is 6.51. The first-order valence-corrected chi connectivity index (χ1v) is 13.6. The van der Waals surface area contributed by atoms with E-state index in [1.165, 1.54) is 11.1 Å². The molecule has 6 heteroatoms. The lowest BCUT2D eigenvalue weighted by Gasteiger charge is -2.32. The van der Waals surface area contributed by atoms with E-state index < -0.39 is 36.6 Å². The van der Waals surface area contributed by atoms with Gasteiger partial charge in [-0.3, -0.25) is 0 Å². The summed E-state index contributed by atoms with van der Waals surface area (Å²) in [4.78, 5) is 0. The van der Waals surface area contributed by atoms with Crippen molar-refractivity contribution >= 4 is 25.2 Å². The van der Waals surface area contributed by atoms with Gasteiger partial charge < -0.3 is 18.6 Å². The second-order valence-electron chi connectivity index (χ2n) is 12.9. The lowest BCUT2D eigenvalue weighted by Crippen LogP contribution is -2.41. The predicted octanol–water partition coefficient (Wildman–Crippen LogP) is 6.24. The van der Waals surface area contributed by atoms with E-state index in [1.807, 2.05) is 0 Å². The van der Waals surface area contributed by atoms with E-state index in [0.717, 1.165) is 33.2 Å². The number of aryl methyl sites for hydroxylation is 2. The molecule has 0 amide bonds. The Bertz CT molecular complexity index is 1200. The predicted molar refractivity (Wildman–Crippen MR) is 158 cm³/mol. The number of benzene rings is 3. The molecular weight excluding hydrogens is 470 g/mol. The molecule has 0 unspecified atom stereocenters. The average Bonchev–Trinajstić information content (AvgIpc) is 3.18. The van der Waals surface area contributed by atoms with Crippen LogP contribution in [0.1, 0.15) is 66.5 Å². The molecule has 198 valence electrons. The molecule has 0 saturated carbocycles. The Morgan fingerprint density at radius 2 is 0.684 bits per heavy atom. The molecular formula is C32H40B2O4. The summed E-state index contributed by atoms with van der Waals surface area (Å²) in [5, 5.41) is 0. The van der Waals surface area contributed by atoms with Crippen molar-refractivity contribution in [2.24, 2.45) is 0 Å². The average molecular weight is 510 g/mol. The number of hydrogen-bond donors (Lipinski definition) is 0. The topological polar surface area (TPSA) is 36.9 Å². The van der Waals surface area contributed by atoms with Gasteiger partial charge in [-0.25, -0.2) is 0 Å². The zero-order valence-electron chi connectivity index (χ0n) is 24.6. The zero-order chi connectivity index (χ0) is 27.7. The summed E-state index contributed by atoms with van der Waals surface area (Å²) in [6.45, 7) is 21.0. The van der Waals surface area contributed by atoms with Crippen molar-refractivity contribution in [2.75, 3.05) is 0 Å². The van der Waals surface area contributed by atoms with E-state index >= 15 is 0 Å². The van der Waals surface area contributed by atoms with Gasteiger partial charge >= 0.3 is 14.2 Å². The van der Waals surface area contributed by atoms with Crippen molar-refractivity contribution < 1.29 is 18.6 Å². The molecule has 2 heterocycles. The van der Waals surface area contributed by atoms with E-state index in [4.69, 9.17) is 18.6 Å². The summed E-state index contributed by atoms with van der Waals surface area (Å²) in [5.74, 6) is 0. The lowest BCUT2D eigenvalue weighted by atomic mass is 9.66. The molecule has 2 aliphatic heterocycles. The SMILES string of the molecule is Cc1ccc(-c2c(B3OC(C)(C)C(C)(C)O3)ccc(B3OC(C)(C)C(C)(C)O3)c2-c2ccc(C)cc2)cc1. The highest BCUT2D eigenvalue weighted by atomic mass is 16.7. The Morgan fingerprint density at radius 1 is 0.421 bits per heavy atom. The largest absolute Gasteiger partial charge is 0.495 e. The van der Waals surface area contributed by atoms with E-state index in [0.29, 0.717) is 0 Å². The van der Waals surface area contributed by atoms with Crippen LogP contribution >= 0.6 is 0 Å². The van der Waals surface area contributed by atoms with Crippen LogP contribution in [0.3, 0.4) is 0 Å². The van der Waals surface area contributed by atoms with Crippen LogP contribution in [0.2, 0.25) is 0 Å². The molecule has 0 N–H and O–H groups in total. The minimum atomic E-state index is -0.507. The smallest absolute Gasteiger partial charge is 0.399 e. The quantitative estimate of drug-likeness (QED) is 0.390. The number of hydrogen-bond acceptors (Lipinski definition) is 4. The molecule has 2 aliphatic rings. The summed E-state index contributed by atoms with van der Waals surface area (Å²) in [6.07, 6.45) is 0. The van der Waals surface area contributed by atoms with Crippen LogP contribution in [0.5, 0.6) is 0 Å². The van der Waals surface area contributed by atoms with Gasteiger partial charge in [0.25, 0.3) is 0 Å². The maximum Gasteiger partial charge on any atom is 0.495 e. The highest BCUT2D eigenvalue weighted by molar-refractivity contribution is 6.67. The molecule has 5 rings (SSSR count). The minimum absolute atomic E-state index is 0.448. The van der Waals surface area contributed by atoms with Gasteiger partial charge in [-0.1, -0.05) is 71.8 Å². The van der Waals surface area contributed by atoms with E-state index in [-0.39, 0.29) is 0 Å². The van der Waals surface area contributed by atoms with Crippen molar-refractivity contribution in [1.82, 2.24) is 0 Å².